The summed E-state index contributed by atoms with van der Waals surface area (Å²) in [5, 5.41) is 3.46. The van der Waals surface area contributed by atoms with Crippen LogP contribution in [0, 0.1) is 6.92 Å². The molecule has 1 aromatic heterocycles. The number of nitrogens with one attached hydrogen (secondary N) is 1. The Morgan fingerprint density at radius 3 is 2.90 bits per heavy atom. The summed E-state index contributed by atoms with van der Waals surface area (Å²) in [5.74, 6) is 1.60. The van der Waals surface area contributed by atoms with E-state index in [1.165, 1.54) is 11.3 Å². The van der Waals surface area contributed by atoms with Crippen LogP contribution in [-0.4, -0.2) is 47.9 Å². The minimum Gasteiger partial charge on any atom is -0.356 e. The fraction of sp³-hybridized carbons (Fsp3) is 0.458. The number of fused-ring (bicyclic) bond motifs is 1. The summed E-state index contributed by atoms with van der Waals surface area (Å²) in [4.78, 5) is 25.7. The van der Waals surface area contributed by atoms with Gasteiger partial charge in [0.15, 0.2) is 5.96 Å². The van der Waals surface area contributed by atoms with Gasteiger partial charge in [0.2, 0.25) is 5.91 Å². The van der Waals surface area contributed by atoms with Gasteiger partial charge in [-0.3, -0.25) is 9.78 Å². The number of amides is 1. The molecule has 1 saturated heterocycles. The first kappa shape index (κ1) is 20.4. The van der Waals surface area contributed by atoms with Crippen molar-refractivity contribution in [3.63, 3.8) is 0 Å². The normalized spacial score (nSPS) is 18.8. The molecule has 4 rings (SSSR count). The van der Waals surface area contributed by atoms with E-state index in [2.05, 4.69) is 59.4 Å². The lowest BCUT2D eigenvalue weighted by Crippen LogP contribution is -2.41. The molecule has 1 amide bonds. The molecule has 6 heteroatoms. The predicted molar refractivity (Wildman–Crippen MR) is 121 cm³/mol. The summed E-state index contributed by atoms with van der Waals surface area (Å²) >= 11 is 0. The van der Waals surface area contributed by atoms with E-state index >= 15 is 0 Å². The van der Waals surface area contributed by atoms with Crippen LogP contribution in [0.2, 0.25) is 0 Å². The zero-order chi connectivity index (χ0) is 20.9. The predicted octanol–water partition coefficient (Wildman–Crippen LogP) is 3.47. The molecule has 0 aliphatic carbocycles. The summed E-state index contributed by atoms with van der Waals surface area (Å²) in [7, 11) is 0. The SMILES string of the molecule is CCNC(=NCc1ncccc1C)N1CC(CCN2CCCC2=O)c2ccccc21. The number of guanidine groups is 1. The minimum atomic E-state index is 0.304. The molecule has 1 aromatic carbocycles. The van der Waals surface area contributed by atoms with Crippen LogP contribution < -0.4 is 10.2 Å². The second-order valence-corrected chi connectivity index (χ2v) is 8.08. The number of benzene rings is 1. The number of pyridine rings is 1. The number of hydrogen-bond acceptors (Lipinski definition) is 3. The van der Waals surface area contributed by atoms with Gasteiger partial charge in [-0.1, -0.05) is 24.3 Å². The number of aliphatic imine (C=N–C) groups is 1. The summed E-state index contributed by atoms with van der Waals surface area (Å²) in [6.07, 6.45) is 4.51. The average Bonchev–Trinajstić information content (AvgIpc) is 3.34. The Morgan fingerprint density at radius 2 is 2.13 bits per heavy atom. The lowest BCUT2D eigenvalue weighted by atomic mass is 9.98. The van der Waals surface area contributed by atoms with Gasteiger partial charge in [0, 0.05) is 50.4 Å². The van der Waals surface area contributed by atoms with Gasteiger partial charge in [0.25, 0.3) is 0 Å². The van der Waals surface area contributed by atoms with Gasteiger partial charge in [-0.25, -0.2) is 4.99 Å². The molecule has 1 N–H and O–H groups in total. The third kappa shape index (κ3) is 4.32. The van der Waals surface area contributed by atoms with Crippen LogP contribution in [0.4, 0.5) is 5.69 Å². The van der Waals surface area contributed by atoms with Crippen molar-refractivity contribution >= 4 is 17.6 Å². The Kier molecular flexibility index (Phi) is 6.31. The van der Waals surface area contributed by atoms with Gasteiger partial charge in [-0.05, 0) is 49.9 Å². The van der Waals surface area contributed by atoms with Crippen molar-refractivity contribution in [1.82, 2.24) is 15.2 Å². The fourth-order valence-electron chi connectivity index (χ4n) is 4.42. The second-order valence-electron chi connectivity index (χ2n) is 8.08. The van der Waals surface area contributed by atoms with Crippen molar-refractivity contribution in [3.05, 3.63) is 59.4 Å². The maximum absolute atomic E-state index is 12.0. The smallest absolute Gasteiger partial charge is 0.222 e. The van der Waals surface area contributed by atoms with E-state index in [0.29, 0.717) is 24.8 Å². The zero-order valence-electron chi connectivity index (χ0n) is 18.0. The van der Waals surface area contributed by atoms with E-state index in [1.807, 2.05) is 17.2 Å². The molecule has 2 aromatic rings. The van der Waals surface area contributed by atoms with Crippen molar-refractivity contribution in [1.29, 1.82) is 0 Å². The summed E-state index contributed by atoms with van der Waals surface area (Å²) in [5.41, 5.74) is 4.73. The number of anilines is 1. The third-order valence-corrected chi connectivity index (χ3v) is 6.08. The van der Waals surface area contributed by atoms with Crippen LogP contribution in [-0.2, 0) is 11.3 Å². The molecule has 0 radical (unpaired) electrons. The van der Waals surface area contributed by atoms with Crippen LogP contribution in [0.25, 0.3) is 0 Å². The lowest BCUT2D eigenvalue weighted by Gasteiger charge is -2.23. The fourth-order valence-corrected chi connectivity index (χ4v) is 4.42. The molecule has 2 aliphatic heterocycles. The number of rotatable bonds is 6. The number of carbonyl (C=O) groups excluding carboxylic acids is 1. The first-order chi connectivity index (χ1) is 14.7. The van der Waals surface area contributed by atoms with Crippen molar-refractivity contribution < 1.29 is 4.79 Å². The Balaban J connectivity index is 1.53. The van der Waals surface area contributed by atoms with Crippen molar-refractivity contribution in [2.45, 2.75) is 45.6 Å². The molecular formula is C24H31N5O. The average molecular weight is 406 g/mol. The number of carbonyl (C=O) groups is 1. The number of aromatic nitrogens is 1. The monoisotopic (exact) mass is 405 g/mol. The topological polar surface area (TPSA) is 60.8 Å². The standard InChI is InChI=1S/C24H31N5O/c1-3-25-24(27-16-21-18(2)8-6-13-26-21)29-17-19(20-9-4-5-10-22(20)29)12-15-28-14-7-11-23(28)30/h4-6,8-10,13,19H,3,7,11-12,14-17H2,1-2H3,(H,25,27). The Bertz CT molecular complexity index is 925. The molecular weight excluding hydrogens is 374 g/mol. The quantitative estimate of drug-likeness (QED) is 0.591. The van der Waals surface area contributed by atoms with Gasteiger partial charge in [0.1, 0.15) is 0 Å². The maximum Gasteiger partial charge on any atom is 0.222 e. The van der Waals surface area contributed by atoms with E-state index in [9.17, 15) is 4.79 Å². The van der Waals surface area contributed by atoms with Gasteiger partial charge in [0.05, 0.1) is 12.2 Å². The van der Waals surface area contributed by atoms with Crippen molar-refractivity contribution in [2.24, 2.45) is 4.99 Å². The van der Waals surface area contributed by atoms with Gasteiger partial charge in [-0.2, -0.15) is 0 Å². The Morgan fingerprint density at radius 1 is 1.27 bits per heavy atom. The molecule has 2 aliphatic rings. The number of nitrogens with zero attached hydrogens (tertiary/aromatic N) is 4. The molecule has 0 spiro atoms. The highest BCUT2D eigenvalue weighted by molar-refractivity contribution is 5.98. The first-order valence-corrected chi connectivity index (χ1v) is 11.0. The first-order valence-electron chi connectivity index (χ1n) is 11.0. The number of likely N-dealkylation sites (tertiary alicyclic amines) is 1. The summed E-state index contributed by atoms with van der Waals surface area (Å²) < 4.78 is 0. The summed E-state index contributed by atoms with van der Waals surface area (Å²) in [6.45, 7) is 8.17. The molecule has 6 nitrogen and oxygen atoms in total. The Labute approximate surface area is 179 Å². The van der Waals surface area contributed by atoms with Crippen LogP contribution >= 0.6 is 0 Å². The van der Waals surface area contributed by atoms with E-state index in [-0.39, 0.29) is 0 Å². The largest absolute Gasteiger partial charge is 0.356 e. The summed E-state index contributed by atoms with van der Waals surface area (Å²) in [6, 6.07) is 12.6. The lowest BCUT2D eigenvalue weighted by molar-refractivity contribution is -0.127. The van der Waals surface area contributed by atoms with Crippen LogP contribution in [0.15, 0.2) is 47.6 Å². The Hall–Kier alpha value is -2.89. The van der Waals surface area contributed by atoms with Crippen LogP contribution in [0.3, 0.4) is 0 Å². The molecule has 1 fully saturated rings. The van der Waals surface area contributed by atoms with E-state index in [4.69, 9.17) is 4.99 Å². The van der Waals surface area contributed by atoms with Crippen LogP contribution in [0.1, 0.15) is 48.9 Å². The van der Waals surface area contributed by atoms with Gasteiger partial charge < -0.3 is 15.1 Å². The van der Waals surface area contributed by atoms with E-state index in [0.717, 1.165) is 56.2 Å². The van der Waals surface area contributed by atoms with Gasteiger partial charge in [-0.15, -0.1) is 0 Å². The molecule has 158 valence electrons. The molecule has 30 heavy (non-hydrogen) atoms. The van der Waals surface area contributed by atoms with Crippen molar-refractivity contribution in [2.75, 3.05) is 31.1 Å². The molecule has 1 unspecified atom stereocenters. The molecule has 3 heterocycles. The van der Waals surface area contributed by atoms with E-state index in [1.54, 1.807) is 0 Å². The van der Waals surface area contributed by atoms with Crippen LogP contribution in [0.5, 0.6) is 0 Å². The third-order valence-electron chi connectivity index (χ3n) is 6.08. The van der Waals surface area contributed by atoms with Gasteiger partial charge >= 0.3 is 0 Å². The minimum absolute atomic E-state index is 0.304. The highest BCUT2D eigenvalue weighted by atomic mass is 16.2. The zero-order valence-corrected chi connectivity index (χ0v) is 18.0. The number of para-hydroxylation sites is 1. The highest BCUT2D eigenvalue weighted by Gasteiger charge is 2.32. The second kappa shape index (κ2) is 9.28. The molecule has 1 atom stereocenters. The maximum atomic E-state index is 12.0. The molecule has 0 bridgehead atoms. The van der Waals surface area contributed by atoms with E-state index < -0.39 is 0 Å². The highest BCUT2D eigenvalue weighted by Crippen LogP contribution is 2.38. The van der Waals surface area contributed by atoms with Crippen molar-refractivity contribution in [3.8, 4) is 0 Å². The molecule has 0 saturated carbocycles. The number of aryl methyl sites for hydroxylation is 1. The number of hydrogen-bond donors (Lipinski definition) is 1.